The van der Waals surface area contributed by atoms with E-state index in [0.717, 1.165) is 35.5 Å². The molecular formula is C20H22N4O. The summed E-state index contributed by atoms with van der Waals surface area (Å²) in [5, 5.41) is 3.26. The van der Waals surface area contributed by atoms with Crippen molar-refractivity contribution in [2.24, 2.45) is 4.99 Å². The number of H-pyrrole nitrogens is 1. The molecule has 0 unspecified atom stereocenters. The number of aromatic nitrogens is 3. The lowest BCUT2D eigenvalue weighted by Crippen LogP contribution is -2.19. The zero-order valence-corrected chi connectivity index (χ0v) is 14.6. The summed E-state index contributed by atoms with van der Waals surface area (Å²) in [7, 11) is 0. The number of benzene rings is 1. The van der Waals surface area contributed by atoms with Gasteiger partial charge in [0.15, 0.2) is 0 Å². The maximum absolute atomic E-state index is 13.0. The molecule has 5 nitrogen and oxygen atoms in total. The molecule has 0 aliphatic heterocycles. The molecule has 3 rings (SSSR count). The zero-order valence-electron chi connectivity index (χ0n) is 14.6. The lowest BCUT2D eigenvalue weighted by Gasteiger charge is -2.01. The molecule has 128 valence electrons. The molecule has 0 saturated heterocycles. The molecule has 2 aromatic heterocycles. The minimum Gasteiger partial charge on any atom is -0.294 e. The van der Waals surface area contributed by atoms with Crippen LogP contribution in [0.3, 0.4) is 0 Å². The van der Waals surface area contributed by atoms with Crippen LogP contribution in [0.15, 0.2) is 64.6 Å². The van der Waals surface area contributed by atoms with E-state index >= 15 is 0 Å². The molecule has 0 spiro atoms. The number of aryl methyl sites for hydroxylation is 1. The predicted molar refractivity (Wildman–Crippen MR) is 101 cm³/mol. The number of hydrogen-bond donors (Lipinski definition) is 1. The van der Waals surface area contributed by atoms with Gasteiger partial charge in [0.2, 0.25) is 0 Å². The summed E-state index contributed by atoms with van der Waals surface area (Å²) in [6.07, 6.45) is 5.30. The summed E-state index contributed by atoms with van der Waals surface area (Å²) >= 11 is 0. The molecule has 0 radical (unpaired) electrons. The summed E-state index contributed by atoms with van der Waals surface area (Å²) in [6, 6.07) is 13.5. The fourth-order valence-corrected chi connectivity index (χ4v) is 2.83. The predicted octanol–water partition coefficient (Wildman–Crippen LogP) is 3.52. The van der Waals surface area contributed by atoms with Crippen molar-refractivity contribution in [2.45, 2.75) is 33.2 Å². The maximum atomic E-state index is 13.0. The first kappa shape index (κ1) is 16.9. The van der Waals surface area contributed by atoms with Gasteiger partial charge in [0.1, 0.15) is 0 Å². The van der Waals surface area contributed by atoms with Crippen LogP contribution >= 0.6 is 0 Å². The number of hydrogen-bond acceptors (Lipinski definition) is 3. The zero-order chi connectivity index (χ0) is 17.6. The average molecular weight is 334 g/mol. The van der Waals surface area contributed by atoms with Crippen LogP contribution in [0.4, 0.5) is 0 Å². The summed E-state index contributed by atoms with van der Waals surface area (Å²) in [4.78, 5) is 21.7. The fourth-order valence-electron chi connectivity index (χ4n) is 2.83. The number of nitrogens with zero attached hydrogens (tertiary/aromatic N) is 3. The van der Waals surface area contributed by atoms with E-state index in [9.17, 15) is 4.79 Å². The Balaban J connectivity index is 1.99. The van der Waals surface area contributed by atoms with E-state index in [-0.39, 0.29) is 5.56 Å². The first-order valence-electron chi connectivity index (χ1n) is 8.50. The molecule has 0 aliphatic carbocycles. The van der Waals surface area contributed by atoms with Crippen molar-refractivity contribution < 1.29 is 0 Å². The van der Waals surface area contributed by atoms with E-state index in [1.165, 1.54) is 0 Å². The van der Waals surface area contributed by atoms with Gasteiger partial charge in [-0.2, -0.15) is 0 Å². The van der Waals surface area contributed by atoms with Crippen molar-refractivity contribution in [1.82, 2.24) is 14.8 Å². The monoisotopic (exact) mass is 334 g/mol. The molecule has 0 amide bonds. The lowest BCUT2D eigenvalue weighted by atomic mass is 10.1. The third kappa shape index (κ3) is 3.76. The fraction of sp³-hybridized carbons (Fsp3) is 0.250. The topological polar surface area (TPSA) is 63.0 Å². The number of nitrogens with one attached hydrogen (secondary N) is 1. The normalized spacial score (nSPS) is 11.7. The molecule has 0 saturated carbocycles. The maximum Gasteiger partial charge on any atom is 0.280 e. The first-order chi connectivity index (χ1) is 12.2. The van der Waals surface area contributed by atoms with Gasteiger partial charge in [-0.15, -0.1) is 0 Å². The van der Waals surface area contributed by atoms with E-state index in [1.54, 1.807) is 17.1 Å². The smallest absolute Gasteiger partial charge is 0.280 e. The Morgan fingerprint density at radius 3 is 2.68 bits per heavy atom. The molecule has 0 fully saturated rings. The molecule has 0 atom stereocenters. The molecule has 0 aliphatic rings. The first-order valence-corrected chi connectivity index (χ1v) is 8.50. The number of para-hydroxylation sites is 1. The summed E-state index contributed by atoms with van der Waals surface area (Å²) in [6.45, 7) is 4.51. The van der Waals surface area contributed by atoms with E-state index in [4.69, 9.17) is 0 Å². The van der Waals surface area contributed by atoms with Crippen LogP contribution in [0.25, 0.3) is 5.69 Å². The van der Waals surface area contributed by atoms with Crippen LogP contribution in [0.2, 0.25) is 0 Å². The van der Waals surface area contributed by atoms with E-state index in [0.29, 0.717) is 12.1 Å². The van der Waals surface area contributed by atoms with Crippen LogP contribution in [-0.2, 0) is 13.0 Å². The minimum absolute atomic E-state index is 0.0536. The molecular weight excluding hydrogens is 312 g/mol. The Labute approximate surface area is 147 Å². The van der Waals surface area contributed by atoms with Gasteiger partial charge in [-0.1, -0.05) is 37.6 Å². The standard InChI is InChI=1S/C20H22N4O/c1-3-8-18-19(15(2)22-14-16-9-7-12-21-13-16)20(25)24(23-18)17-10-5-4-6-11-17/h4-7,9-13,23H,3,8,14H2,1-2H3. The molecule has 1 aromatic carbocycles. The molecule has 25 heavy (non-hydrogen) atoms. The van der Waals surface area contributed by atoms with E-state index < -0.39 is 0 Å². The summed E-state index contributed by atoms with van der Waals surface area (Å²) in [5.74, 6) is 0. The van der Waals surface area contributed by atoms with Crippen molar-refractivity contribution in [2.75, 3.05) is 0 Å². The van der Waals surface area contributed by atoms with Gasteiger partial charge in [0.25, 0.3) is 5.56 Å². The third-order valence-electron chi connectivity index (χ3n) is 4.06. The molecule has 3 aromatic rings. The van der Waals surface area contributed by atoms with Crippen LogP contribution in [0.5, 0.6) is 0 Å². The van der Waals surface area contributed by atoms with Gasteiger partial charge < -0.3 is 0 Å². The summed E-state index contributed by atoms with van der Waals surface area (Å²) < 4.78 is 1.60. The van der Waals surface area contributed by atoms with Gasteiger partial charge in [-0.25, -0.2) is 4.68 Å². The Hall–Kier alpha value is -2.95. The number of aromatic amines is 1. The summed E-state index contributed by atoms with van der Waals surface area (Å²) in [5.41, 5.74) is 4.16. The van der Waals surface area contributed by atoms with Gasteiger partial charge in [-0.3, -0.25) is 19.9 Å². The quantitative estimate of drug-likeness (QED) is 0.701. The largest absolute Gasteiger partial charge is 0.294 e. The van der Waals surface area contributed by atoms with Crippen molar-refractivity contribution in [3.8, 4) is 5.69 Å². The van der Waals surface area contributed by atoms with Crippen molar-refractivity contribution in [1.29, 1.82) is 0 Å². The Morgan fingerprint density at radius 2 is 2.00 bits per heavy atom. The second kappa shape index (κ2) is 7.75. The number of pyridine rings is 1. The highest BCUT2D eigenvalue weighted by atomic mass is 16.1. The number of rotatable bonds is 6. The third-order valence-corrected chi connectivity index (χ3v) is 4.06. The van der Waals surface area contributed by atoms with Crippen LogP contribution in [0.1, 0.15) is 37.1 Å². The highest BCUT2D eigenvalue weighted by Crippen LogP contribution is 2.11. The SMILES string of the molecule is CCCc1[nH]n(-c2ccccc2)c(=O)c1C(C)=NCc1cccnc1. The minimum atomic E-state index is -0.0536. The Morgan fingerprint density at radius 1 is 1.20 bits per heavy atom. The van der Waals surface area contributed by atoms with Crippen molar-refractivity contribution in [3.05, 3.63) is 82.0 Å². The second-order valence-corrected chi connectivity index (χ2v) is 5.95. The van der Waals surface area contributed by atoms with Crippen LogP contribution in [-0.4, -0.2) is 20.5 Å². The molecule has 1 N–H and O–H groups in total. The Bertz CT molecular complexity index is 908. The van der Waals surface area contributed by atoms with Crippen molar-refractivity contribution >= 4 is 5.71 Å². The van der Waals surface area contributed by atoms with Gasteiger partial charge in [0, 0.05) is 23.8 Å². The Kier molecular flexibility index (Phi) is 5.23. The van der Waals surface area contributed by atoms with E-state index in [2.05, 4.69) is 22.0 Å². The lowest BCUT2D eigenvalue weighted by molar-refractivity contribution is 0.793. The highest BCUT2D eigenvalue weighted by molar-refractivity contribution is 5.99. The second-order valence-electron chi connectivity index (χ2n) is 5.95. The average Bonchev–Trinajstić information content (AvgIpc) is 2.98. The van der Waals surface area contributed by atoms with E-state index in [1.807, 2.05) is 49.4 Å². The van der Waals surface area contributed by atoms with Gasteiger partial charge >= 0.3 is 0 Å². The van der Waals surface area contributed by atoms with Gasteiger partial charge in [-0.05, 0) is 37.1 Å². The van der Waals surface area contributed by atoms with Crippen LogP contribution < -0.4 is 5.56 Å². The molecule has 2 heterocycles. The van der Waals surface area contributed by atoms with Crippen LogP contribution in [0, 0.1) is 0 Å². The molecule has 5 heteroatoms. The molecule has 0 bridgehead atoms. The van der Waals surface area contributed by atoms with Gasteiger partial charge in [0.05, 0.1) is 17.8 Å². The van der Waals surface area contributed by atoms with Crippen molar-refractivity contribution in [3.63, 3.8) is 0 Å². The highest BCUT2D eigenvalue weighted by Gasteiger charge is 2.17. The number of aliphatic imine (C=N–C) groups is 1.